The summed E-state index contributed by atoms with van der Waals surface area (Å²) in [4.78, 5) is 30.3. The van der Waals surface area contributed by atoms with Gasteiger partial charge in [-0.3, -0.25) is 4.79 Å². The topological polar surface area (TPSA) is 78.0 Å². The third-order valence-electron chi connectivity index (χ3n) is 4.79. The Balaban J connectivity index is 1.55. The predicted molar refractivity (Wildman–Crippen MR) is 124 cm³/mol. The van der Waals surface area contributed by atoms with Crippen molar-refractivity contribution in [3.63, 3.8) is 0 Å². The summed E-state index contributed by atoms with van der Waals surface area (Å²) in [5, 5.41) is 0. The van der Waals surface area contributed by atoms with E-state index in [0.717, 1.165) is 25.9 Å². The fraction of sp³-hybridized carbons (Fsp3) is 0.423. The zero-order chi connectivity index (χ0) is 23.8. The van der Waals surface area contributed by atoms with Crippen molar-refractivity contribution in [3.05, 3.63) is 59.4 Å². The largest absolute Gasteiger partial charge is 0.465 e. The highest BCUT2D eigenvalue weighted by molar-refractivity contribution is 6.08. The van der Waals surface area contributed by atoms with Crippen LogP contribution in [-0.2, 0) is 9.47 Å². The Bertz CT molecular complexity index is 1010. The molecule has 0 spiro atoms. The maximum atomic E-state index is 12.8. The van der Waals surface area contributed by atoms with E-state index in [1.54, 1.807) is 43.4 Å². The molecule has 1 aromatic heterocycles. The van der Waals surface area contributed by atoms with E-state index >= 15 is 0 Å². The zero-order valence-electron chi connectivity index (χ0n) is 19.6. The molecule has 1 saturated heterocycles. The van der Waals surface area contributed by atoms with Gasteiger partial charge in [0.25, 0.3) is 0 Å². The summed E-state index contributed by atoms with van der Waals surface area (Å²) in [5.41, 5.74) is 0.974. The molecule has 0 radical (unpaired) electrons. The van der Waals surface area contributed by atoms with E-state index in [4.69, 9.17) is 14.2 Å². The lowest BCUT2D eigenvalue weighted by Gasteiger charge is -2.23. The SMILES string of the molecule is CN(CC#Cc1ccc(C(=O)c2ccc(OC3CCCCO3)cc2)cn1)C(=O)OC(C)(C)C. The molecule has 7 nitrogen and oxygen atoms in total. The van der Waals surface area contributed by atoms with Gasteiger partial charge in [0, 0.05) is 30.8 Å². The minimum Gasteiger partial charge on any atom is -0.465 e. The molecule has 1 unspecified atom stereocenters. The first-order valence-corrected chi connectivity index (χ1v) is 11.0. The summed E-state index contributed by atoms with van der Waals surface area (Å²) in [5.74, 6) is 6.33. The molecule has 0 bridgehead atoms. The lowest BCUT2D eigenvalue weighted by atomic mass is 10.0. The number of rotatable bonds is 5. The number of hydrogen-bond acceptors (Lipinski definition) is 6. The van der Waals surface area contributed by atoms with Gasteiger partial charge in [0.2, 0.25) is 0 Å². The molecule has 1 amide bonds. The highest BCUT2D eigenvalue weighted by Crippen LogP contribution is 2.20. The number of aromatic nitrogens is 1. The zero-order valence-corrected chi connectivity index (χ0v) is 19.6. The van der Waals surface area contributed by atoms with Gasteiger partial charge >= 0.3 is 6.09 Å². The van der Waals surface area contributed by atoms with E-state index in [1.165, 1.54) is 11.1 Å². The summed E-state index contributed by atoms with van der Waals surface area (Å²) in [7, 11) is 1.62. The fourth-order valence-corrected chi connectivity index (χ4v) is 3.06. The highest BCUT2D eigenvalue weighted by atomic mass is 16.7. The molecule has 0 saturated carbocycles. The molecule has 1 aromatic carbocycles. The standard InChI is InChI=1S/C26H30N2O5/c1-26(2,3)33-25(30)28(4)16-7-8-21-13-10-20(18-27-21)24(29)19-11-14-22(15-12-19)32-23-9-5-6-17-31-23/h10-15,18,23H,5-6,9,16-17H2,1-4H3. The molecule has 7 heteroatoms. The van der Waals surface area contributed by atoms with Crippen LogP contribution in [0.25, 0.3) is 0 Å². The van der Waals surface area contributed by atoms with Gasteiger partial charge in [-0.15, -0.1) is 0 Å². The van der Waals surface area contributed by atoms with Gasteiger partial charge in [-0.1, -0.05) is 5.92 Å². The van der Waals surface area contributed by atoms with Crippen molar-refractivity contribution in [3.8, 4) is 17.6 Å². The quantitative estimate of drug-likeness (QED) is 0.495. The summed E-state index contributed by atoms with van der Waals surface area (Å²) >= 11 is 0. The number of nitrogens with zero attached hydrogens (tertiary/aromatic N) is 2. The van der Waals surface area contributed by atoms with Crippen LogP contribution in [0, 0.1) is 11.8 Å². The van der Waals surface area contributed by atoms with Crippen LogP contribution in [-0.4, -0.2) is 53.9 Å². The molecule has 0 N–H and O–H groups in total. The summed E-state index contributed by atoms with van der Waals surface area (Å²) < 4.78 is 16.7. The van der Waals surface area contributed by atoms with Gasteiger partial charge in [0.1, 0.15) is 17.0 Å². The summed E-state index contributed by atoms with van der Waals surface area (Å²) in [6, 6.07) is 10.4. The van der Waals surface area contributed by atoms with Crippen LogP contribution >= 0.6 is 0 Å². The van der Waals surface area contributed by atoms with E-state index in [2.05, 4.69) is 16.8 Å². The van der Waals surface area contributed by atoms with Gasteiger partial charge in [-0.05, 0) is 75.9 Å². The van der Waals surface area contributed by atoms with Crippen molar-refractivity contribution in [2.45, 2.75) is 51.9 Å². The smallest absolute Gasteiger partial charge is 0.410 e. The van der Waals surface area contributed by atoms with Gasteiger partial charge in [0.15, 0.2) is 12.1 Å². The molecule has 2 heterocycles. The van der Waals surface area contributed by atoms with Crippen molar-refractivity contribution >= 4 is 11.9 Å². The molecule has 0 aliphatic carbocycles. The number of carbonyl (C=O) groups is 2. The summed E-state index contributed by atoms with van der Waals surface area (Å²) in [6.07, 6.45) is 3.88. The van der Waals surface area contributed by atoms with Gasteiger partial charge in [-0.25, -0.2) is 9.78 Å². The van der Waals surface area contributed by atoms with Crippen molar-refractivity contribution in [1.82, 2.24) is 9.88 Å². The van der Waals surface area contributed by atoms with Gasteiger partial charge < -0.3 is 19.1 Å². The predicted octanol–water partition coefficient (Wildman–Crippen LogP) is 4.44. The Labute approximate surface area is 195 Å². The molecule has 1 fully saturated rings. The average molecular weight is 451 g/mol. The Hall–Kier alpha value is -3.37. The number of hydrogen-bond donors (Lipinski definition) is 0. The second kappa shape index (κ2) is 11.0. The van der Waals surface area contributed by atoms with Crippen molar-refractivity contribution in [1.29, 1.82) is 0 Å². The minimum atomic E-state index is -0.556. The van der Waals surface area contributed by atoms with E-state index in [0.29, 0.717) is 22.6 Å². The molecule has 174 valence electrons. The van der Waals surface area contributed by atoms with Crippen molar-refractivity contribution in [2.24, 2.45) is 0 Å². The second-order valence-corrected chi connectivity index (χ2v) is 8.84. The lowest BCUT2D eigenvalue weighted by Crippen LogP contribution is -2.34. The Morgan fingerprint density at radius 2 is 1.85 bits per heavy atom. The molecular weight excluding hydrogens is 420 g/mol. The van der Waals surface area contributed by atoms with Gasteiger partial charge in [-0.2, -0.15) is 0 Å². The second-order valence-electron chi connectivity index (χ2n) is 8.84. The molecule has 1 aliphatic rings. The van der Waals surface area contributed by atoms with E-state index in [-0.39, 0.29) is 18.6 Å². The van der Waals surface area contributed by atoms with Gasteiger partial charge in [0.05, 0.1) is 13.2 Å². The number of ether oxygens (including phenoxy) is 3. The molecule has 33 heavy (non-hydrogen) atoms. The number of amides is 1. The van der Waals surface area contributed by atoms with Crippen LogP contribution in [0.1, 0.15) is 61.6 Å². The van der Waals surface area contributed by atoms with E-state index < -0.39 is 11.7 Å². The van der Waals surface area contributed by atoms with E-state index in [1.807, 2.05) is 20.8 Å². The first kappa shape index (κ1) is 24.3. The number of ketones is 1. The molecule has 1 atom stereocenters. The Morgan fingerprint density at radius 1 is 1.12 bits per heavy atom. The fourth-order valence-electron chi connectivity index (χ4n) is 3.06. The number of carbonyl (C=O) groups excluding carboxylic acids is 2. The third-order valence-corrected chi connectivity index (χ3v) is 4.79. The maximum Gasteiger partial charge on any atom is 0.410 e. The van der Waals surface area contributed by atoms with Crippen LogP contribution in [0.15, 0.2) is 42.6 Å². The number of pyridine rings is 1. The average Bonchev–Trinajstić information content (AvgIpc) is 2.79. The monoisotopic (exact) mass is 450 g/mol. The van der Waals surface area contributed by atoms with Crippen molar-refractivity contribution in [2.75, 3.05) is 20.2 Å². The third kappa shape index (κ3) is 7.62. The highest BCUT2D eigenvalue weighted by Gasteiger charge is 2.19. The van der Waals surface area contributed by atoms with Crippen LogP contribution in [0.4, 0.5) is 4.79 Å². The first-order chi connectivity index (χ1) is 15.7. The lowest BCUT2D eigenvalue weighted by molar-refractivity contribution is -0.105. The molecule has 2 aromatic rings. The normalized spacial score (nSPS) is 15.7. The number of benzene rings is 1. The van der Waals surface area contributed by atoms with Crippen molar-refractivity contribution < 1.29 is 23.8 Å². The molecule has 3 rings (SSSR count). The Morgan fingerprint density at radius 3 is 2.45 bits per heavy atom. The summed E-state index contributed by atoms with van der Waals surface area (Å²) in [6.45, 7) is 6.36. The molecular formula is C26H30N2O5. The maximum absolute atomic E-state index is 12.8. The minimum absolute atomic E-state index is 0.132. The van der Waals surface area contributed by atoms with Crippen LogP contribution in [0.2, 0.25) is 0 Å². The van der Waals surface area contributed by atoms with E-state index in [9.17, 15) is 9.59 Å². The molecule has 1 aliphatic heterocycles. The van der Waals surface area contributed by atoms with Crippen LogP contribution in [0.5, 0.6) is 5.75 Å². The first-order valence-electron chi connectivity index (χ1n) is 11.0. The Kier molecular flexibility index (Phi) is 8.07. The van der Waals surface area contributed by atoms with Crippen LogP contribution in [0.3, 0.4) is 0 Å². The van der Waals surface area contributed by atoms with Crippen LogP contribution < -0.4 is 4.74 Å².